The maximum atomic E-state index is 13.6. The third-order valence-corrected chi connectivity index (χ3v) is 4.76. The number of nitrogens with one attached hydrogen (secondary N) is 1. The summed E-state index contributed by atoms with van der Waals surface area (Å²) >= 11 is 1.13. The largest absolute Gasteiger partial charge is 0.497 e. The fourth-order valence-electron chi connectivity index (χ4n) is 2.23. The number of amides is 1. The second kappa shape index (κ2) is 8.22. The van der Waals surface area contributed by atoms with Crippen LogP contribution in [0.1, 0.15) is 12.5 Å². The maximum Gasteiger partial charge on any atom is 0.277 e. The highest BCUT2D eigenvalue weighted by molar-refractivity contribution is 8.00. The molecule has 6 nitrogen and oxygen atoms in total. The number of carbonyl (C=O) groups is 1. The molecule has 0 saturated carbocycles. The van der Waals surface area contributed by atoms with Crippen molar-refractivity contribution in [1.29, 1.82) is 0 Å². The van der Waals surface area contributed by atoms with Crippen LogP contribution in [0.15, 0.2) is 52.1 Å². The van der Waals surface area contributed by atoms with E-state index in [1.807, 2.05) is 12.1 Å². The van der Waals surface area contributed by atoms with Crippen LogP contribution in [0.25, 0.3) is 11.5 Å². The van der Waals surface area contributed by atoms with Crippen LogP contribution in [0.2, 0.25) is 0 Å². The van der Waals surface area contributed by atoms with Crippen LogP contribution in [0.4, 0.5) is 10.1 Å². The summed E-state index contributed by atoms with van der Waals surface area (Å²) in [7, 11) is 1.59. The number of benzene rings is 2. The lowest BCUT2D eigenvalue weighted by Gasteiger charge is -2.10. The number of carbonyl (C=O) groups excluding carboxylic acids is 1. The number of aromatic nitrogens is 2. The van der Waals surface area contributed by atoms with Crippen molar-refractivity contribution in [2.24, 2.45) is 0 Å². The van der Waals surface area contributed by atoms with E-state index in [-0.39, 0.29) is 16.9 Å². The van der Waals surface area contributed by atoms with Crippen molar-refractivity contribution in [3.8, 4) is 17.2 Å². The van der Waals surface area contributed by atoms with Crippen molar-refractivity contribution in [2.45, 2.75) is 24.3 Å². The first-order chi connectivity index (χ1) is 13.0. The molecule has 0 aliphatic carbocycles. The zero-order chi connectivity index (χ0) is 19.4. The minimum Gasteiger partial charge on any atom is -0.497 e. The van der Waals surface area contributed by atoms with Crippen LogP contribution in [0.3, 0.4) is 0 Å². The zero-order valence-electron chi connectivity index (χ0n) is 15.0. The molecule has 0 aliphatic rings. The number of ether oxygens (including phenoxy) is 1. The number of hydrogen-bond donors (Lipinski definition) is 1. The minimum atomic E-state index is -0.501. The van der Waals surface area contributed by atoms with Gasteiger partial charge in [0.1, 0.15) is 11.6 Å². The number of methoxy groups -OCH3 is 1. The second-order valence-electron chi connectivity index (χ2n) is 5.81. The molecule has 140 valence electrons. The van der Waals surface area contributed by atoms with E-state index in [1.165, 1.54) is 6.07 Å². The number of thioether (sulfide) groups is 1. The Morgan fingerprint density at radius 2 is 1.96 bits per heavy atom. The number of rotatable bonds is 6. The molecule has 0 fully saturated rings. The molecule has 0 radical (unpaired) electrons. The topological polar surface area (TPSA) is 77.2 Å². The number of halogens is 1. The zero-order valence-corrected chi connectivity index (χ0v) is 15.8. The monoisotopic (exact) mass is 387 g/mol. The lowest BCUT2D eigenvalue weighted by molar-refractivity contribution is -0.115. The first-order valence-electron chi connectivity index (χ1n) is 8.18. The van der Waals surface area contributed by atoms with Gasteiger partial charge in [-0.15, -0.1) is 10.2 Å². The van der Waals surface area contributed by atoms with Gasteiger partial charge in [-0.25, -0.2) is 4.39 Å². The molecule has 3 rings (SSSR count). The Balaban J connectivity index is 1.63. The SMILES string of the molecule is COc1ccc(-c2nnc(S[C@@H](C)C(=O)Nc3ccc(C)c(F)c3)o2)cc1. The molecule has 27 heavy (non-hydrogen) atoms. The average Bonchev–Trinajstić information content (AvgIpc) is 3.13. The van der Waals surface area contributed by atoms with E-state index in [0.717, 1.165) is 23.1 Å². The molecule has 1 atom stereocenters. The smallest absolute Gasteiger partial charge is 0.277 e. The molecule has 0 bridgehead atoms. The molecule has 0 unspecified atom stereocenters. The molecular weight excluding hydrogens is 369 g/mol. The lowest BCUT2D eigenvalue weighted by atomic mass is 10.2. The summed E-state index contributed by atoms with van der Waals surface area (Å²) in [4.78, 5) is 12.3. The van der Waals surface area contributed by atoms with Crippen molar-refractivity contribution in [2.75, 3.05) is 12.4 Å². The summed E-state index contributed by atoms with van der Waals surface area (Å²) in [5, 5.41) is 10.4. The van der Waals surface area contributed by atoms with Crippen LogP contribution in [-0.4, -0.2) is 28.5 Å². The second-order valence-corrected chi connectivity index (χ2v) is 7.11. The third-order valence-electron chi connectivity index (χ3n) is 3.83. The summed E-state index contributed by atoms with van der Waals surface area (Å²) in [6.07, 6.45) is 0. The van der Waals surface area contributed by atoms with Gasteiger partial charge in [0.2, 0.25) is 11.8 Å². The van der Waals surface area contributed by atoms with E-state index in [2.05, 4.69) is 15.5 Å². The molecule has 1 heterocycles. The molecule has 1 N–H and O–H groups in total. The van der Waals surface area contributed by atoms with E-state index < -0.39 is 5.25 Å². The van der Waals surface area contributed by atoms with Crippen LogP contribution in [0, 0.1) is 12.7 Å². The number of hydrogen-bond acceptors (Lipinski definition) is 6. The summed E-state index contributed by atoms with van der Waals surface area (Å²) in [6, 6.07) is 11.8. The van der Waals surface area contributed by atoms with Gasteiger partial charge in [-0.1, -0.05) is 17.8 Å². The van der Waals surface area contributed by atoms with Gasteiger partial charge >= 0.3 is 0 Å². The van der Waals surface area contributed by atoms with Gasteiger partial charge in [0.15, 0.2) is 0 Å². The summed E-state index contributed by atoms with van der Waals surface area (Å²) in [5.74, 6) is 0.431. The van der Waals surface area contributed by atoms with Gasteiger partial charge in [-0.2, -0.15) is 0 Å². The van der Waals surface area contributed by atoms with Crippen molar-refractivity contribution < 1.29 is 18.3 Å². The Kier molecular flexibility index (Phi) is 5.75. The van der Waals surface area contributed by atoms with E-state index in [9.17, 15) is 9.18 Å². The van der Waals surface area contributed by atoms with Gasteiger partial charge < -0.3 is 14.5 Å². The Morgan fingerprint density at radius 3 is 2.63 bits per heavy atom. The predicted molar refractivity (Wildman–Crippen MR) is 101 cm³/mol. The highest BCUT2D eigenvalue weighted by atomic mass is 32.2. The fourth-order valence-corrected chi connectivity index (χ4v) is 2.91. The number of nitrogens with zero attached hydrogens (tertiary/aromatic N) is 2. The molecule has 8 heteroatoms. The first kappa shape index (κ1) is 18.9. The summed E-state index contributed by atoms with van der Waals surface area (Å²) < 4.78 is 24.3. The Bertz CT molecular complexity index is 944. The number of anilines is 1. The summed E-state index contributed by atoms with van der Waals surface area (Å²) in [5.41, 5.74) is 1.68. The molecule has 0 aliphatic heterocycles. The van der Waals surface area contributed by atoms with Crippen molar-refractivity contribution >= 4 is 23.4 Å². The molecule has 2 aromatic carbocycles. The van der Waals surface area contributed by atoms with Crippen molar-refractivity contribution in [3.63, 3.8) is 0 Å². The molecule has 0 spiro atoms. The average molecular weight is 387 g/mol. The van der Waals surface area contributed by atoms with Gasteiger partial charge in [0.25, 0.3) is 5.22 Å². The van der Waals surface area contributed by atoms with Crippen LogP contribution < -0.4 is 10.1 Å². The van der Waals surface area contributed by atoms with Crippen LogP contribution in [0.5, 0.6) is 5.75 Å². The molecule has 1 aromatic heterocycles. The van der Waals surface area contributed by atoms with Crippen LogP contribution in [-0.2, 0) is 4.79 Å². The first-order valence-corrected chi connectivity index (χ1v) is 9.06. The van der Waals surface area contributed by atoms with Gasteiger partial charge in [-0.3, -0.25) is 4.79 Å². The van der Waals surface area contributed by atoms with Crippen molar-refractivity contribution in [1.82, 2.24) is 10.2 Å². The third kappa shape index (κ3) is 4.65. The highest BCUT2D eigenvalue weighted by Gasteiger charge is 2.19. The lowest BCUT2D eigenvalue weighted by Crippen LogP contribution is -2.22. The van der Waals surface area contributed by atoms with Gasteiger partial charge in [0.05, 0.1) is 12.4 Å². The number of aryl methyl sites for hydroxylation is 1. The van der Waals surface area contributed by atoms with Gasteiger partial charge in [-0.05, 0) is 55.8 Å². The molecular formula is C19H18FN3O3S. The molecule has 0 saturated heterocycles. The highest BCUT2D eigenvalue weighted by Crippen LogP contribution is 2.27. The molecule has 3 aromatic rings. The van der Waals surface area contributed by atoms with E-state index >= 15 is 0 Å². The Labute approximate surface area is 160 Å². The quantitative estimate of drug-likeness (QED) is 0.635. The van der Waals surface area contributed by atoms with E-state index in [0.29, 0.717) is 17.1 Å². The summed E-state index contributed by atoms with van der Waals surface area (Å²) in [6.45, 7) is 3.37. The van der Waals surface area contributed by atoms with E-state index in [4.69, 9.17) is 9.15 Å². The maximum absolute atomic E-state index is 13.6. The minimum absolute atomic E-state index is 0.276. The fraction of sp³-hybridized carbons (Fsp3) is 0.211. The predicted octanol–water partition coefficient (Wildman–Crippen LogP) is 4.31. The normalized spacial score (nSPS) is 11.9. The van der Waals surface area contributed by atoms with Crippen LogP contribution >= 0.6 is 11.8 Å². The van der Waals surface area contributed by atoms with E-state index in [1.54, 1.807) is 45.2 Å². The standard InChI is InChI=1S/C19H18FN3O3S/c1-11-4-7-14(10-16(11)20)21-17(24)12(2)27-19-23-22-18(26-19)13-5-8-15(25-3)9-6-13/h4-10,12H,1-3H3,(H,21,24)/t12-/m0/s1. The Morgan fingerprint density at radius 1 is 1.22 bits per heavy atom. The van der Waals surface area contributed by atoms with Gasteiger partial charge in [0, 0.05) is 11.3 Å². The molecule has 1 amide bonds. The van der Waals surface area contributed by atoms with Crippen molar-refractivity contribution in [3.05, 3.63) is 53.8 Å². The Hall–Kier alpha value is -2.87.